The zero-order valence-electron chi connectivity index (χ0n) is 17.7. The van der Waals surface area contributed by atoms with E-state index in [4.69, 9.17) is 0 Å². The van der Waals surface area contributed by atoms with E-state index in [9.17, 15) is 13.6 Å². The van der Waals surface area contributed by atoms with Gasteiger partial charge in [-0.15, -0.1) is 0 Å². The van der Waals surface area contributed by atoms with Crippen molar-refractivity contribution in [3.63, 3.8) is 0 Å². The molecule has 162 valence electrons. The van der Waals surface area contributed by atoms with Crippen LogP contribution in [0.3, 0.4) is 0 Å². The lowest BCUT2D eigenvalue weighted by Gasteiger charge is -2.22. The van der Waals surface area contributed by atoms with Gasteiger partial charge in [-0.2, -0.15) is 0 Å². The summed E-state index contributed by atoms with van der Waals surface area (Å²) >= 11 is 0. The van der Waals surface area contributed by atoms with Crippen molar-refractivity contribution in [1.82, 2.24) is 4.40 Å². The van der Waals surface area contributed by atoms with E-state index >= 15 is 0 Å². The highest BCUT2D eigenvalue weighted by Crippen LogP contribution is 2.40. The first-order valence-corrected chi connectivity index (χ1v) is 11.1. The third-order valence-corrected chi connectivity index (χ3v) is 6.37. The second-order valence-corrected chi connectivity index (χ2v) is 8.41. The van der Waals surface area contributed by atoms with Gasteiger partial charge in [0, 0.05) is 17.4 Å². The molecule has 0 unspecified atom stereocenters. The normalized spacial score (nSPS) is 14.6. The molecule has 1 N–H and O–H groups in total. The van der Waals surface area contributed by atoms with E-state index in [0.29, 0.717) is 11.6 Å². The van der Waals surface area contributed by atoms with Gasteiger partial charge < -0.3 is 9.72 Å². The van der Waals surface area contributed by atoms with Gasteiger partial charge in [-0.25, -0.2) is 8.78 Å². The van der Waals surface area contributed by atoms with Crippen molar-refractivity contribution in [3.8, 4) is 11.3 Å². The molecule has 0 aliphatic heterocycles. The molecule has 5 rings (SSSR count). The Kier molecular flexibility index (Phi) is 5.48. The standard InChI is InChI=1S/C27H24F2N2O/c28-24-11-6-10-22(25(24)29)27(32)30-20-14-12-19(13-15-20)26-23(18-7-2-1-3-8-18)17-21-9-4-5-16-31(21)26/h4-6,9-18H,1-3,7-8H2,(H,30,32). The number of fused-ring (bicyclic) bond motifs is 1. The van der Waals surface area contributed by atoms with Crippen LogP contribution in [0.4, 0.5) is 14.5 Å². The largest absolute Gasteiger partial charge is 0.322 e. The first-order chi connectivity index (χ1) is 15.6. The maximum atomic E-state index is 13.9. The fourth-order valence-electron chi connectivity index (χ4n) is 4.76. The molecule has 0 bridgehead atoms. The first-order valence-electron chi connectivity index (χ1n) is 11.1. The minimum atomic E-state index is -1.14. The topological polar surface area (TPSA) is 33.5 Å². The molecule has 1 aliphatic rings. The third-order valence-electron chi connectivity index (χ3n) is 6.37. The lowest BCUT2D eigenvalue weighted by molar-refractivity contribution is 0.102. The quantitative estimate of drug-likeness (QED) is 0.365. The molecule has 1 saturated carbocycles. The zero-order valence-corrected chi connectivity index (χ0v) is 17.7. The van der Waals surface area contributed by atoms with Crippen LogP contribution in [0, 0.1) is 11.6 Å². The molecular weight excluding hydrogens is 406 g/mol. The third kappa shape index (κ3) is 3.79. The Morgan fingerprint density at radius 1 is 0.906 bits per heavy atom. The van der Waals surface area contributed by atoms with Gasteiger partial charge in [0.05, 0.1) is 11.3 Å². The molecule has 0 atom stereocenters. The minimum Gasteiger partial charge on any atom is -0.322 e. The Morgan fingerprint density at radius 3 is 2.47 bits per heavy atom. The summed E-state index contributed by atoms with van der Waals surface area (Å²) in [7, 11) is 0. The number of halogens is 2. The van der Waals surface area contributed by atoms with Crippen LogP contribution in [-0.4, -0.2) is 10.3 Å². The summed E-state index contributed by atoms with van der Waals surface area (Å²) in [4.78, 5) is 12.4. The van der Waals surface area contributed by atoms with Gasteiger partial charge >= 0.3 is 0 Å². The number of nitrogens with zero attached hydrogens (tertiary/aromatic N) is 1. The lowest BCUT2D eigenvalue weighted by atomic mass is 9.83. The lowest BCUT2D eigenvalue weighted by Crippen LogP contribution is -2.14. The first kappa shape index (κ1) is 20.4. The van der Waals surface area contributed by atoms with Crippen molar-refractivity contribution >= 4 is 17.1 Å². The van der Waals surface area contributed by atoms with Gasteiger partial charge in [0.2, 0.25) is 0 Å². The van der Waals surface area contributed by atoms with Crippen molar-refractivity contribution in [2.75, 3.05) is 5.32 Å². The molecule has 1 amide bonds. The molecule has 0 saturated heterocycles. The Balaban J connectivity index is 1.46. The van der Waals surface area contributed by atoms with Gasteiger partial charge in [-0.1, -0.05) is 43.5 Å². The molecular formula is C27H24F2N2O. The maximum absolute atomic E-state index is 13.9. The van der Waals surface area contributed by atoms with E-state index in [-0.39, 0.29) is 5.56 Å². The zero-order chi connectivity index (χ0) is 22.1. The van der Waals surface area contributed by atoms with E-state index in [1.807, 2.05) is 24.3 Å². The molecule has 0 spiro atoms. The summed E-state index contributed by atoms with van der Waals surface area (Å²) < 4.78 is 29.6. The van der Waals surface area contributed by atoms with E-state index in [1.165, 1.54) is 61.0 Å². The highest BCUT2D eigenvalue weighted by atomic mass is 19.2. The van der Waals surface area contributed by atoms with Crippen molar-refractivity contribution < 1.29 is 13.6 Å². The van der Waals surface area contributed by atoms with Crippen LogP contribution in [0.2, 0.25) is 0 Å². The van der Waals surface area contributed by atoms with E-state index in [2.05, 4.69) is 28.0 Å². The smallest absolute Gasteiger partial charge is 0.258 e. The summed E-state index contributed by atoms with van der Waals surface area (Å²) in [6.07, 6.45) is 8.32. The number of aromatic nitrogens is 1. The van der Waals surface area contributed by atoms with Crippen LogP contribution < -0.4 is 5.32 Å². The van der Waals surface area contributed by atoms with Gasteiger partial charge in [0.15, 0.2) is 11.6 Å². The highest BCUT2D eigenvalue weighted by Gasteiger charge is 2.22. The van der Waals surface area contributed by atoms with Crippen LogP contribution in [-0.2, 0) is 0 Å². The molecule has 4 aromatic rings. The predicted octanol–water partition coefficient (Wildman–Crippen LogP) is 7.18. The fraction of sp³-hybridized carbons (Fsp3) is 0.222. The second-order valence-electron chi connectivity index (χ2n) is 8.41. The average molecular weight is 430 g/mol. The van der Waals surface area contributed by atoms with Crippen LogP contribution in [0.15, 0.2) is 72.9 Å². The summed E-state index contributed by atoms with van der Waals surface area (Å²) in [5, 5.41) is 2.66. The fourth-order valence-corrected chi connectivity index (χ4v) is 4.76. The predicted molar refractivity (Wildman–Crippen MR) is 123 cm³/mol. The summed E-state index contributed by atoms with van der Waals surface area (Å²) in [6.45, 7) is 0. The van der Waals surface area contributed by atoms with Crippen molar-refractivity contribution in [2.45, 2.75) is 38.0 Å². The van der Waals surface area contributed by atoms with E-state index in [0.717, 1.165) is 11.6 Å². The Morgan fingerprint density at radius 2 is 1.69 bits per heavy atom. The molecule has 1 fully saturated rings. The number of benzene rings is 2. The number of carbonyl (C=O) groups is 1. The van der Waals surface area contributed by atoms with Gasteiger partial charge in [0.1, 0.15) is 0 Å². The maximum Gasteiger partial charge on any atom is 0.258 e. The Hall–Kier alpha value is -3.47. The van der Waals surface area contributed by atoms with Gasteiger partial charge in [0.25, 0.3) is 5.91 Å². The van der Waals surface area contributed by atoms with E-state index in [1.54, 1.807) is 12.1 Å². The average Bonchev–Trinajstić information content (AvgIpc) is 3.21. The summed E-state index contributed by atoms with van der Waals surface area (Å²) in [5.74, 6) is -2.30. The number of hydrogen-bond acceptors (Lipinski definition) is 1. The van der Waals surface area contributed by atoms with Crippen LogP contribution >= 0.6 is 0 Å². The van der Waals surface area contributed by atoms with Crippen molar-refractivity contribution in [1.29, 1.82) is 0 Å². The number of amides is 1. The monoisotopic (exact) mass is 430 g/mol. The number of carbonyl (C=O) groups excluding carboxylic acids is 1. The molecule has 2 aromatic carbocycles. The number of rotatable bonds is 4. The SMILES string of the molecule is O=C(Nc1ccc(-c2c(C3CCCCC3)cc3ccccn23)cc1)c1cccc(F)c1F. The van der Waals surface area contributed by atoms with Gasteiger partial charge in [-0.05, 0) is 72.4 Å². The number of hydrogen-bond donors (Lipinski definition) is 1. The van der Waals surface area contributed by atoms with Crippen molar-refractivity contribution in [2.24, 2.45) is 0 Å². The van der Waals surface area contributed by atoms with Crippen LogP contribution in [0.1, 0.15) is 53.9 Å². The summed E-state index contributed by atoms with van der Waals surface area (Å²) in [6, 6.07) is 19.6. The molecule has 0 radical (unpaired) electrons. The van der Waals surface area contributed by atoms with E-state index < -0.39 is 17.5 Å². The molecule has 32 heavy (non-hydrogen) atoms. The molecule has 2 aromatic heterocycles. The molecule has 3 nitrogen and oxygen atoms in total. The Bertz CT molecular complexity index is 1270. The minimum absolute atomic E-state index is 0.314. The highest BCUT2D eigenvalue weighted by molar-refractivity contribution is 6.04. The number of pyridine rings is 1. The van der Waals surface area contributed by atoms with Crippen LogP contribution in [0.25, 0.3) is 16.8 Å². The molecule has 1 aliphatic carbocycles. The number of anilines is 1. The number of nitrogens with one attached hydrogen (secondary N) is 1. The summed E-state index contributed by atoms with van der Waals surface area (Å²) in [5.41, 5.74) is 5.00. The molecule has 2 heterocycles. The van der Waals surface area contributed by atoms with Crippen molar-refractivity contribution in [3.05, 3.63) is 95.7 Å². The van der Waals surface area contributed by atoms with Gasteiger partial charge in [-0.3, -0.25) is 4.79 Å². The Labute approximate surface area is 185 Å². The molecule has 5 heteroatoms. The van der Waals surface area contributed by atoms with Crippen LogP contribution in [0.5, 0.6) is 0 Å². The second kappa shape index (κ2) is 8.58.